The van der Waals surface area contributed by atoms with Crippen molar-refractivity contribution in [3.63, 3.8) is 0 Å². The zero-order valence-corrected chi connectivity index (χ0v) is 8.35. The Hall–Kier alpha value is 0.660. The van der Waals surface area contributed by atoms with Crippen LogP contribution in [0.5, 0.6) is 0 Å². The third-order valence-corrected chi connectivity index (χ3v) is 5.46. The lowest BCUT2D eigenvalue weighted by atomic mass is 10.2. The van der Waals surface area contributed by atoms with Crippen LogP contribution in [0, 0.1) is 0 Å². The van der Waals surface area contributed by atoms with Crippen LogP contribution in [-0.4, -0.2) is 28.7 Å². The Kier molecular flexibility index (Phi) is 3.05. The van der Waals surface area contributed by atoms with E-state index in [0.717, 1.165) is 10.6 Å². The molecule has 0 spiro atoms. The molecule has 1 unspecified atom stereocenters. The molecule has 3 heteroatoms. The molecule has 0 aromatic carbocycles. The van der Waals surface area contributed by atoms with Crippen LogP contribution in [0.2, 0.25) is 0 Å². The van der Waals surface area contributed by atoms with Crippen LogP contribution in [0.25, 0.3) is 0 Å². The second-order valence-corrected chi connectivity index (χ2v) is 5.96. The minimum Gasteiger partial charge on any atom is -0.312 e. The van der Waals surface area contributed by atoms with Crippen LogP contribution in [0.3, 0.4) is 0 Å². The summed E-state index contributed by atoms with van der Waals surface area (Å²) < 4.78 is 0.867. The van der Waals surface area contributed by atoms with Gasteiger partial charge in [-0.1, -0.05) is 0 Å². The normalized spacial score (nSPS) is 34.4. The van der Waals surface area contributed by atoms with Crippen LogP contribution in [0.15, 0.2) is 0 Å². The number of rotatable bonds is 1. The first-order chi connectivity index (χ1) is 5.47. The fraction of sp³-hybridized carbons (Fsp3) is 1.00. The average molecular weight is 189 g/mol. The lowest BCUT2D eigenvalue weighted by Gasteiger charge is -2.26. The SMILES string of the molecule is C1CSC(C2CCCN2)SC1. The van der Waals surface area contributed by atoms with Gasteiger partial charge in [-0.25, -0.2) is 0 Å². The van der Waals surface area contributed by atoms with Gasteiger partial charge < -0.3 is 5.32 Å². The van der Waals surface area contributed by atoms with Gasteiger partial charge in [0.15, 0.2) is 0 Å². The molecule has 1 N–H and O–H groups in total. The standard InChI is InChI=1S/C8H15NS2/c1-3-7(9-4-1)8-10-5-2-6-11-8/h7-9H,1-6H2. The van der Waals surface area contributed by atoms with E-state index in [9.17, 15) is 0 Å². The van der Waals surface area contributed by atoms with E-state index >= 15 is 0 Å². The highest BCUT2D eigenvalue weighted by atomic mass is 32.2. The van der Waals surface area contributed by atoms with E-state index in [1.54, 1.807) is 0 Å². The number of hydrogen-bond acceptors (Lipinski definition) is 3. The minimum atomic E-state index is 0.824. The molecule has 2 aliphatic rings. The molecule has 0 aromatic heterocycles. The highest BCUT2D eigenvalue weighted by Crippen LogP contribution is 2.35. The van der Waals surface area contributed by atoms with Crippen molar-refractivity contribution in [3.8, 4) is 0 Å². The zero-order valence-electron chi connectivity index (χ0n) is 6.71. The first-order valence-corrected chi connectivity index (χ1v) is 6.53. The Labute approximate surface area is 77.1 Å². The van der Waals surface area contributed by atoms with E-state index in [-0.39, 0.29) is 0 Å². The third kappa shape index (κ3) is 2.07. The third-order valence-electron chi connectivity index (χ3n) is 2.28. The molecule has 0 amide bonds. The van der Waals surface area contributed by atoms with Gasteiger partial charge in [0.1, 0.15) is 0 Å². The second kappa shape index (κ2) is 4.06. The van der Waals surface area contributed by atoms with Gasteiger partial charge in [0.2, 0.25) is 0 Å². The Morgan fingerprint density at radius 3 is 2.55 bits per heavy atom. The van der Waals surface area contributed by atoms with Gasteiger partial charge >= 0.3 is 0 Å². The molecule has 0 aromatic rings. The smallest absolute Gasteiger partial charge is 0.0655 e. The van der Waals surface area contributed by atoms with Crippen LogP contribution in [0.4, 0.5) is 0 Å². The zero-order chi connectivity index (χ0) is 7.52. The summed E-state index contributed by atoms with van der Waals surface area (Å²) in [6.07, 6.45) is 4.21. The van der Waals surface area contributed by atoms with Crippen molar-refractivity contribution in [2.24, 2.45) is 0 Å². The molecular formula is C8H15NS2. The van der Waals surface area contributed by atoms with Crippen LogP contribution >= 0.6 is 23.5 Å². The summed E-state index contributed by atoms with van der Waals surface area (Å²) >= 11 is 4.32. The Morgan fingerprint density at radius 2 is 1.91 bits per heavy atom. The summed E-state index contributed by atoms with van der Waals surface area (Å²) in [6.45, 7) is 1.25. The van der Waals surface area contributed by atoms with Gasteiger partial charge in [-0.15, -0.1) is 23.5 Å². The fourth-order valence-corrected chi connectivity index (χ4v) is 4.84. The van der Waals surface area contributed by atoms with E-state index in [1.807, 2.05) is 0 Å². The summed E-state index contributed by atoms with van der Waals surface area (Å²) in [5, 5.41) is 3.58. The Balaban J connectivity index is 1.82. The van der Waals surface area contributed by atoms with Crippen LogP contribution < -0.4 is 5.32 Å². The number of nitrogens with one attached hydrogen (secondary N) is 1. The Bertz CT molecular complexity index is 117. The second-order valence-electron chi connectivity index (χ2n) is 3.17. The summed E-state index contributed by atoms with van der Waals surface area (Å²) in [7, 11) is 0. The summed E-state index contributed by atoms with van der Waals surface area (Å²) in [4.78, 5) is 0. The Morgan fingerprint density at radius 1 is 1.09 bits per heavy atom. The molecule has 2 rings (SSSR count). The lowest BCUT2D eigenvalue weighted by Crippen LogP contribution is -2.32. The van der Waals surface area contributed by atoms with Crippen LogP contribution in [0.1, 0.15) is 19.3 Å². The first-order valence-electron chi connectivity index (χ1n) is 4.43. The molecule has 1 atom stereocenters. The maximum Gasteiger partial charge on any atom is 0.0655 e. The predicted molar refractivity (Wildman–Crippen MR) is 54.3 cm³/mol. The van der Waals surface area contributed by atoms with Crippen molar-refractivity contribution in [2.75, 3.05) is 18.1 Å². The van der Waals surface area contributed by atoms with Crippen LogP contribution in [-0.2, 0) is 0 Å². The molecule has 0 radical (unpaired) electrons. The predicted octanol–water partition coefficient (Wildman–Crippen LogP) is 1.93. The van der Waals surface area contributed by atoms with Crippen molar-refractivity contribution in [2.45, 2.75) is 29.9 Å². The van der Waals surface area contributed by atoms with Crippen molar-refractivity contribution in [1.82, 2.24) is 5.32 Å². The maximum atomic E-state index is 3.58. The van der Waals surface area contributed by atoms with Gasteiger partial charge in [-0.2, -0.15) is 0 Å². The van der Waals surface area contributed by atoms with E-state index in [4.69, 9.17) is 0 Å². The monoisotopic (exact) mass is 189 g/mol. The molecule has 2 saturated heterocycles. The topological polar surface area (TPSA) is 12.0 Å². The van der Waals surface area contributed by atoms with E-state index in [2.05, 4.69) is 28.8 Å². The number of hydrogen-bond donors (Lipinski definition) is 1. The fourth-order valence-electron chi connectivity index (χ4n) is 1.68. The van der Waals surface area contributed by atoms with Gasteiger partial charge in [-0.05, 0) is 37.3 Å². The quantitative estimate of drug-likeness (QED) is 0.677. The molecule has 11 heavy (non-hydrogen) atoms. The number of thioether (sulfide) groups is 2. The van der Waals surface area contributed by atoms with Gasteiger partial charge in [0.05, 0.1) is 4.58 Å². The molecule has 0 bridgehead atoms. The highest BCUT2D eigenvalue weighted by molar-refractivity contribution is 8.17. The van der Waals surface area contributed by atoms with E-state index < -0.39 is 0 Å². The summed E-state index contributed by atoms with van der Waals surface area (Å²) in [6, 6.07) is 0.824. The molecule has 64 valence electrons. The minimum absolute atomic E-state index is 0.824. The van der Waals surface area contributed by atoms with Gasteiger partial charge in [0, 0.05) is 6.04 Å². The molecule has 1 nitrogen and oxygen atoms in total. The maximum absolute atomic E-state index is 3.58. The molecular weight excluding hydrogens is 174 g/mol. The van der Waals surface area contributed by atoms with Crippen molar-refractivity contribution in [3.05, 3.63) is 0 Å². The van der Waals surface area contributed by atoms with E-state index in [1.165, 1.54) is 37.3 Å². The van der Waals surface area contributed by atoms with Crippen molar-refractivity contribution >= 4 is 23.5 Å². The molecule has 0 aliphatic carbocycles. The van der Waals surface area contributed by atoms with Gasteiger partial charge in [0.25, 0.3) is 0 Å². The molecule has 2 aliphatic heterocycles. The van der Waals surface area contributed by atoms with Gasteiger partial charge in [-0.3, -0.25) is 0 Å². The molecule has 2 heterocycles. The average Bonchev–Trinajstić information content (AvgIpc) is 2.58. The summed E-state index contributed by atoms with van der Waals surface area (Å²) in [5.41, 5.74) is 0. The highest BCUT2D eigenvalue weighted by Gasteiger charge is 2.26. The summed E-state index contributed by atoms with van der Waals surface area (Å²) in [5.74, 6) is 2.77. The molecule has 0 saturated carbocycles. The largest absolute Gasteiger partial charge is 0.312 e. The van der Waals surface area contributed by atoms with E-state index in [0.29, 0.717) is 0 Å². The first kappa shape index (κ1) is 8.27. The van der Waals surface area contributed by atoms with Crippen molar-refractivity contribution in [1.29, 1.82) is 0 Å². The molecule has 2 fully saturated rings. The van der Waals surface area contributed by atoms with Crippen molar-refractivity contribution < 1.29 is 0 Å². The lowest BCUT2D eigenvalue weighted by molar-refractivity contribution is 0.652.